The predicted octanol–water partition coefficient (Wildman–Crippen LogP) is 7.23. The Labute approximate surface area is 168 Å². The molecule has 0 heterocycles. The molecule has 0 saturated heterocycles. The fourth-order valence-corrected chi connectivity index (χ4v) is 3.37. The van der Waals surface area contributed by atoms with Gasteiger partial charge in [0.1, 0.15) is 0 Å². The van der Waals surface area contributed by atoms with E-state index in [9.17, 15) is 9.90 Å². The molecule has 0 aliphatic heterocycles. The summed E-state index contributed by atoms with van der Waals surface area (Å²) in [5, 5.41) is 9.91. The lowest BCUT2D eigenvalue weighted by Gasteiger charge is -2.28. The summed E-state index contributed by atoms with van der Waals surface area (Å²) in [6, 6.07) is 23.3. The zero-order valence-electron chi connectivity index (χ0n) is 15.6. The molecule has 27 heavy (non-hydrogen) atoms. The van der Waals surface area contributed by atoms with Gasteiger partial charge in [-0.05, 0) is 52.4 Å². The molecule has 3 aromatic rings. The highest BCUT2D eigenvalue weighted by Gasteiger charge is 2.25. The number of carbonyl (C=O) groups is 1. The van der Waals surface area contributed by atoms with Crippen LogP contribution in [-0.2, 0) is 5.41 Å². The van der Waals surface area contributed by atoms with Crippen LogP contribution in [0.15, 0.2) is 77.3 Å². The van der Waals surface area contributed by atoms with Crippen LogP contribution >= 0.6 is 15.9 Å². The SMILES string of the molecule is CC(C)(C)c1ccccc1N(C(=O)O)c1ccc(-c2ccc(Br)cc2)cc1. The van der Waals surface area contributed by atoms with Crippen LogP contribution in [0.4, 0.5) is 16.2 Å². The van der Waals surface area contributed by atoms with Gasteiger partial charge in [0, 0.05) is 4.47 Å². The monoisotopic (exact) mass is 423 g/mol. The Morgan fingerprint density at radius 2 is 1.37 bits per heavy atom. The van der Waals surface area contributed by atoms with Gasteiger partial charge in [-0.2, -0.15) is 0 Å². The molecule has 0 fully saturated rings. The van der Waals surface area contributed by atoms with E-state index in [0.717, 1.165) is 21.2 Å². The van der Waals surface area contributed by atoms with Crippen molar-refractivity contribution >= 4 is 33.4 Å². The van der Waals surface area contributed by atoms with E-state index >= 15 is 0 Å². The minimum absolute atomic E-state index is 0.165. The zero-order chi connectivity index (χ0) is 19.6. The number of halogens is 1. The van der Waals surface area contributed by atoms with Crippen molar-refractivity contribution in [2.75, 3.05) is 4.90 Å². The summed E-state index contributed by atoms with van der Waals surface area (Å²) in [6.45, 7) is 6.26. The van der Waals surface area contributed by atoms with Gasteiger partial charge in [-0.1, -0.05) is 79.2 Å². The van der Waals surface area contributed by atoms with Gasteiger partial charge < -0.3 is 5.11 Å². The molecule has 4 heteroatoms. The first-order valence-corrected chi connectivity index (χ1v) is 9.55. The Morgan fingerprint density at radius 3 is 1.89 bits per heavy atom. The molecule has 0 atom stereocenters. The maximum Gasteiger partial charge on any atom is 0.416 e. The van der Waals surface area contributed by atoms with Crippen LogP contribution in [0.25, 0.3) is 11.1 Å². The van der Waals surface area contributed by atoms with Crippen LogP contribution in [0.1, 0.15) is 26.3 Å². The van der Waals surface area contributed by atoms with Gasteiger partial charge in [0.15, 0.2) is 0 Å². The summed E-state index contributed by atoms with van der Waals surface area (Å²) in [7, 11) is 0. The number of nitrogens with zero attached hydrogens (tertiary/aromatic N) is 1. The van der Waals surface area contributed by atoms with Gasteiger partial charge in [0.2, 0.25) is 0 Å². The smallest absolute Gasteiger partial charge is 0.416 e. The molecule has 0 bridgehead atoms. The van der Waals surface area contributed by atoms with Gasteiger partial charge in [-0.25, -0.2) is 9.69 Å². The first-order valence-electron chi connectivity index (χ1n) is 8.76. The highest BCUT2D eigenvalue weighted by atomic mass is 79.9. The second-order valence-electron chi connectivity index (χ2n) is 7.44. The number of carboxylic acid groups (broad SMARTS) is 1. The summed E-state index contributed by atoms with van der Waals surface area (Å²) in [4.78, 5) is 13.4. The van der Waals surface area contributed by atoms with Crippen LogP contribution in [0.3, 0.4) is 0 Å². The molecule has 3 nitrogen and oxygen atoms in total. The minimum atomic E-state index is -0.997. The van der Waals surface area contributed by atoms with Crippen LogP contribution in [-0.4, -0.2) is 11.2 Å². The van der Waals surface area contributed by atoms with Gasteiger partial charge in [-0.3, -0.25) is 0 Å². The normalized spacial score (nSPS) is 11.3. The first kappa shape index (κ1) is 19.2. The van der Waals surface area contributed by atoms with Crippen LogP contribution in [0.2, 0.25) is 0 Å². The summed E-state index contributed by atoms with van der Waals surface area (Å²) >= 11 is 3.44. The van der Waals surface area contributed by atoms with E-state index in [0.29, 0.717) is 11.4 Å². The standard InChI is InChI=1S/C23H22BrNO2/c1-23(2,3)20-6-4-5-7-21(20)25(22(26)27)19-14-10-17(11-15-19)16-8-12-18(24)13-9-16/h4-15H,1-3H3,(H,26,27). The molecule has 3 rings (SSSR count). The zero-order valence-corrected chi connectivity index (χ0v) is 17.2. The van der Waals surface area contributed by atoms with Gasteiger partial charge in [0.25, 0.3) is 0 Å². The average Bonchev–Trinajstić information content (AvgIpc) is 2.62. The highest BCUT2D eigenvalue weighted by molar-refractivity contribution is 9.10. The number of hydrogen-bond donors (Lipinski definition) is 1. The Morgan fingerprint density at radius 1 is 0.852 bits per heavy atom. The summed E-state index contributed by atoms with van der Waals surface area (Å²) < 4.78 is 1.03. The van der Waals surface area contributed by atoms with Crippen molar-refractivity contribution in [2.24, 2.45) is 0 Å². The molecule has 0 unspecified atom stereocenters. The molecule has 0 spiro atoms. The van der Waals surface area contributed by atoms with E-state index in [1.165, 1.54) is 4.90 Å². The highest BCUT2D eigenvalue weighted by Crippen LogP contribution is 2.36. The Bertz CT molecular complexity index is 941. The molecule has 0 aromatic heterocycles. The van der Waals surface area contributed by atoms with E-state index in [-0.39, 0.29) is 5.41 Å². The van der Waals surface area contributed by atoms with E-state index < -0.39 is 6.09 Å². The third-order valence-corrected chi connectivity index (χ3v) is 4.98. The summed E-state index contributed by atoms with van der Waals surface area (Å²) in [5.41, 5.74) is 4.27. The number of amides is 1. The molecule has 1 amide bonds. The number of anilines is 2. The van der Waals surface area contributed by atoms with Crippen LogP contribution in [0.5, 0.6) is 0 Å². The average molecular weight is 424 g/mol. The molecule has 3 aromatic carbocycles. The van der Waals surface area contributed by atoms with Crippen molar-refractivity contribution in [3.8, 4) is 11.1 Å². The third kappa shape index (κ3) is 4.22. The Kier molecular flexibility index (Phi) is 5.38. The van der Waals surface area contributed by atoms with E-state index in [2.05, 4.69) is 36.7 Å². The molecule has 0 aliphatic carbocycles. The number of benzene rings is 3. The Hall–Kier alpha value is -2.59. The molecule has 138 valence electrons. The van der Waals surface area contributed by atoms with Crippen molar-refractivity contribution in [2.45, 2.75) is 26.2 Å². The lowest BCUT2D eigenvalue weighted by molar-refractivity contribution is 0.204. The summed E-state index contributed by atoms with van der Waals surface area (Å²) in [6.07, 6.45) is -0.997. The minimum Gasteiger partial charge on any atom is -0.464 e. The second-order valence-corrected chi connectivity index (χ2v) is 8.35. The Balaban J connectivity index is 2.02. The maximum atomic E-state index is 12.1. The number of para-hydroxylation sites is 1. The van der Waals surface area contributed by atoms with Crippen LogP contribution < -0.4 is 4.90 Å². The predicted molar refractivity (Wildman–Crippen MR) is 115 cm³/mol. The number of hydrogen-bond acceptors (Lipinski definition) is 1. The van der Waals surface area contributed by atoms with Gasteiger partial charge in [-0.15, -0.1) is 0 Å². The molecular weight excluding hydrogens is 402 g/mol. The van der Waals surface area contributed by atoms with Crippen molar-refractivity contribution in [1.82, 2.24) is 0 Å². The van der Waals surface area contributed by atoms with Crippen molar-refractivity contribution < 1.29 is 9.90 Å². The van der Waals surface area contributed by atoms with Crippen molar-refractivity contribution in [3.63, 3.8) is 0 Å². The fourth-order valence-electron chi connectivity index (χ4n) is 3.10. The maximum absolute atomic E-state index is 12.1. The molecule has 0 radical (unpaired) electrons. The molecule has 0 saturated carbocycles. The third-order valence-electron chi connectivity index (χ3n) is 4.45. The van der Waals surface area contributed by atoms with E-state index in [1.54, 1.807) is 0 Å². The number of rotatable bonds is 3. The van der Waals surface area contributed by atoms with E-state index in [1.807, 2.05) is 72.8 Å². The van der Waals surface area contributed by atoms with Gasteiger partial charge in [0.05, 0.1) is 11.4 Å². The largest absolute Gasteiger partial charge is 0.464 e. The van der Waals surface area contributed by atoms with Crippen molar-refractivity contribution in [3.05, 3.63) is 82.8 Å². The second kappa shape index (κ2) is 7.57. The fraction of sp³-hybridized carbons (Fsp3) is 0.174. The molecule has 1 N–H and O–H groups in total. The van der Waals surface area contributed by atoms with E-state index in [4.69, 9.17) is 0 Å². The molecule has 0 aliphatic rings. The summed E-state index contributed by atoms with van der Waals surface area (Å²) in [5.74, 6) is 0. The lowest BCUT2D eigenvalue weighted by Crippen LogP contribution is -2.27. The topological polar surface area (TPSA) is 40.5 Å². The first-order chi connectivity index (χ1) is 12.8. The van der Waals surface area contributed by atoms with Gasteiger partial charge >= 0.3 is 6.09 Å². The lowest BCUT2D eigenvalue weighted by atomic mass is 9.85. The van der Waals surface area contributed by atoms with Crippen molar-refractivity contribution in [1.29, 1.82) is 0 Å². The quantitative estimate of drug-likeness (QED) is 0.482. The van der Waals surface area contributed by atoms with Crippen LogP contribution in [0, 0.1) is 0 Å². The molecular formula is C23H22BrNO2.